The van der Waals surface area contributed by atoms with Gasteiger partial charge < -0.3 is 9.88 Å². The summed E-state index contributed by atoms with van der Waals surface area (Å²) in [6.45, 7) is 0.212. The third-order valence-electron chi connectivity index (χ3n) is 4.96. The normalized spacial score (nSPS) is 11.6. The molecule has 0 spiro atoms. The Bertz CT molecular complexity index is 1160. The predicted octanol–water partition coefficient (Wildman–Crippen LogP) is 4.37. The predicted molar refractivity (Wildman–Crippen MR) is 116 cm³/mol. The number of imidazole rings is 1. The number of hydrogen-bond acceptors (Lipinski definition) is 3. The van der Waals surface area contributed by atoms with E-state index in [1.54, 1.807) is 35.4 Å². The SMILES string of the molecule is O=C(NC(Cn1ccnc1)C(=O)c1ccc(F)cc1)c1ccc(-c2ccccc2)cc1. The zero-order valence-corrected chi connectivity index (χ0v) is 16.6. The summed E-state index contributed by atoms with van der Waals surface area (Å²) in [6.07, 6.45) is 4.89. The van der Waals surface area contributed by atoms with Gasteiger partial charge in [0.1, 0.15) is 11.9 Å². The monoisotopic (exact) mass is 413 g/mol. The lowest BCUT2D eigenvalue weighted by molar-refractivity contribution is 0.0847. The van der Waals surface area contributed by atoms with Crippen molar-refractivity contribution in [3.63, 3.8) is 0 Å². The van der Waals surface area contributed by atoms with E-state index in [4.69, 9.17) is 0 Å². The number of amides is 1. The number of hydrogen-bond donors (Lipinski definition) is 1. The van der Waals surface area contributed by atoms with Crippen LogP contribution in [0.25, 0.3) is 11.1 Å². The maximum Gasteiger partial charge on any atom is 0.251 e. The molecular weight excluding hydrogens is 393 g/mol. The van der Waals surface area contributed by atoms with Crippen molar-refractivity contribution in [3.05, 3.63) is 115 Å². The molecule has 0 aliphatic carbocycles. The maximum atomic E-state index is 13.2. The summed E-state index contributed by atoms with van der Waals surface area (Å²) < 4.78 is 15.0. The molecule has 0 bridgehead atoms. The fraction of sp³-hybridized carbons (Fsp3) is 0.0800. The van der Waals surface area contributed by atoms with Gasteiger partial charge in [0.2, 0.25) is 0 Å². The van der Waals surface area contributed by atoms with Crippen molar-refractivity contribution in [3.8, 4) is 11.1 Å². The molecule has 0 saturated carbocycles. The Kier molecular flexibility index (Phi) is 5.98. The number of nitrogens with zero attached hydrogens (tertiary/aromatic N) is 2. The van der Waals surface area contributed by atoms with Crippen LogP contribution in [0.3, 0.4) is 0 Å². The topological polar surface area (TPSA) is 64.0 Å². The van der Waals surface area contributed by atoms with Gasteiger partial charge >= 0.3 is 0 Å². The van der Waals surface area contributed by atoms with E-state index in [9.17, 15) is 14.0 Å². The average Bonchev–Trinajstić information content (AvgIpc) is 3.32. The Balaban J connectivity index is 1.53. The summed E-state index contributed by atoms with van der Waals surface area (Å²) in [5, 5.41) is 2.81. The number of rotatable bonds is 7. The Morgan fingerprint density at radius 1 is 0.871 bits per heavy atom. The fourth-order valence-electron chi connectivity index (χ4n) is 3.30. The molecule has 4 aromatic rings. The van der Waals surface area contributed by atoms with E-state index in [0.717, 1.165) is 11.1 Å². The van der Waals surface area contributed by atoms with Crippen molar-refractivity contribution < 1.29 is 14.0 Å². The number of benzene rings is 3. The molecule has 0 aliphatic heterocycles. The quantitative estimate of drug-likeness (QED) is 0.458. The van der Waals surface area contributed by atoms with Gasteiger partial charge in [-0.2, -0.15) is 0 Å². The van der Waals surface area contributed by atoms with Crippen LogP contribution in [0.15, 0.2) is 97.6 Å². The standard InChI is InChI=1S/C25H20FN3O2/c26-22-12-10-20(11-13-22)24(30)23(16-29-15-14-27-17-29)28-25(31)21-8-6-19(7-9-21)18-4-2-1-3-5-18/h1-15,17,23H,16H2,(H,28,31). The molecule has 3 aromatic carbocycles. The molecule has 1 atom stereocenters. The van der Waals surface area contributed by atoms with Gasteiger partial charge in [-0.3, -0.25) is 9.59 Å². The molecule has 1 aromatic heterocycles. The third-order valence-corrected chi connectivity index (χ3v) is 4.96. The van der Waals surface area contributed by atoms with Gasteiger partial charge in [0.05, 0.1) is 12.9 Å². The van der Waals surface area contributed by atoms with Crippen LogP contribution in [0.5, 0.6) is 0 Å². The lowest BCUT2D eigenvalue weighted by Gasteiger charge is -2.18. The summed E-state index contributed by atoms with van der Waals surface area (Å²) in [4.78, 5) is 29.9. The number of aromatic nitrogens is 2. The van der Waals surface area contributed by atoms with Crippen LogP contribution in [-0.2, 0) is 6.54 Å². The van der Waals surface area contributed by atoms with Gasteiger partial charge in [-0.1, -0.05) is 42.5 Å². The Morgan fingerprint density at radius 2 is 1.52 bits per heavy atom. The van der Waals surface area contributed by atoms with Crippen LogP contribution in [0.4, 0.5) is 4.39 Å². The zero-order chi connectivity index (χ0) is 21.6. The lowest BCUT2D eigenvalue weighted by atomic mass is 10.0. The van der Waals surface area contributed by atoms with Crippen LogP contribution < -0.4 is 5.32 Å². The first kappa shape index (κ1) is 20.2. The van der Waals surface area contributed by atoms with Crippen LogP contribution in [0.1, 0.15) is 20.7 Å². The number of carbonyl (C=O) groups is 2. The van der Waals surface area contributed by atoms with Crippen molar-refractivity contribution in [2.24, 2.45) is 0 Å². The zero-order valence-electron chi connectivity index (χ0n) is 16.6. The van der Waals surface area contributed by atoms with Gasteiger partial charge in [-0.05, 0) is 47.5 Å². The molecule has 0 radical (unpaired) electrons. The van der Waals surface area contributed by atoms with Crippen LogP contribution >= 0.6 is 0 Å². The largest absolute Gasteiger partial charge is 0.340 e. The van der Waals surface area contributed by atoms with Crippen molar-refractivity contribution in [1.29, 1.82) is 0 Å². The molecule has 1 heterocycles. The van der Waals surface area contributed by atoms with Crippen molar-refractivity contribution in [2.45, 2.75) is 12.6 Å². The number of carbonyl (C=O) groups excluding carboxylic acids is 2. The molecule has 4 rings (SSSR count). The highest BCUT2D eigenvalue weighted by molar-refractivity contribution is 6.04. The van der Waals surface area contributed by atoms with Gasteiger partial charge in [-0.25, -0.2) is 9.37 Å². The summed E-state index contributed by atoms with van der Waals surface area (Å²) >= 11 is 0. The Morgan fingerprint density at radius 3 is 2.16 bits per heavy atom. The first-order valence-electron chi connectivity index (χ1n) is 9.82. The lowest BCUT2D eigenvalue weighted by Crippen LogP contribution is -2.43. The smallest absolute Gasteiger partial charge is 0.251 e. The van der Waals surface area contributed by atoms with E-state index in [-0.39, 0.29) is 18.2 Å². The molecule has 31 heavy (non-hydrogen) atoms. The highest BCUT2D eigenvalue weighted by atomic mass is 19.1. The third kappa shape index (κ3) is 4.93. The molecule has 5 nitrogen and oxygen atoms in total. The average molecular weight is 413 g/mol. The number of ketones is 1. The van der Waals surface area contributed by atoms with E-state index in [2.05, 4.69) is 10.3 Å². The van der Waals surface area contributed by atoms with E-state index >= 15 is 0 Å². The first-order valence-corrected chi connectivity index (χ1v) is 9.82. The fourth-order valence-corrected chi connectivity index (χ4v) is 3.30. The van der Waals surface area contributed by atoms with Crippen LogP contribution in [-0.4, -0.2) is 27.3 Å². The molecule has 154 valence electrons. The number of Topliss-reactive ketones (excluding diaryl/α,β-unsaturated/α-hetero) is 1. The number of nitrogens with one attached hydrogen (secondary N) is 1. The highest BCUT2D eigenvalue weighted by Gasteiger charge is 2.23. The first-order chi connectivity index (χ1) is 15.1. The van der Waals surface area contributed by atoms with Crippen molar-refractivity contribution in [1.82, 2.24) is 14.9 Å². The number of halogens is 1. The van der Waals surface area contributed by atoms with Gasteiger partial charge in [0, 0.05) is 23.5 Å². The minimum Gasteiger partial charge on any atom is -0.340 e. The summed E-state index contributed by atoms with van der Waals surface area (Å²) in [5.41, 5.74) is 2.82. The molecular formula is C25H20FN3O2. The Hall–Kier alpha value is -4.06. The van der Waals surface area contributed by atoms with Gasteiger partial charge in [-0.15, -0.1) is 0 Å². The molecule has 1 amide bonds. The minimum atomic E-state index is -0.832. The van der Waals surface area contributed by atoms with Crippen LogP contribution in [0, 0.1) is 5.82 Å². The highest BCUT2D eigenvalue weighted by Crippen LogP contribution is 2.19. The summed E-state index contributed by atoms with van der Waals surface area (Å²) in [7, 11) is 0. The Labute approximate surface area is 179 Å². The van der Waals surface area contributed by atoms with E-state index in [1.807, 2.05) is 42.5 Å². The van der Waals surface area contributed by atoms with E-state index < -0.39 is 11.9 Å². The van der Waals surface area contributed by atoms with Crippen molar-refractivity contribution in [2.75, 3.05) is 0 Å². The van der Waals surface area contributed by atoms with Gasteiger partial charge in [0.15, 0.2) is 5.78 Å². The van der Waals surface area contributed by atoms with Gasteiger partial charge in [0.25, 0.3) is 5.91 Å². The molecule has 6 heteroatoms. The second kappa shape index (κ2) is 9.17. The second-order valence-electron chi connectivity index (χ2n) is 7.10. The van der Waals surface area contributed by atoms with E-state index in [0.29, 0.717) is 11.1 Å². The maximum absolute atomic E-state index is 13.2. The van der Waals surface area contributed by atoms with Crippen molar-refractivity contribution >= 4 is 11.7 Å². The minimum absolute atomic E-state index is 0.212. The molecule has 1 unspecified atom stereocenters. The van der Waals surface area contributed by atoms with E-state index in [1.165, 1.54) is 24.3 Å². The second-order valence-corrected chi connectivity index (χ2v) is 7.10. The summed E-state index contributed by atoms with van der Waals surface area (Å²) in [5.74, 6) is -1.09. The molecule has 0 aliphatic rings. The van der Waals surface area contributed by atoms with Crippen LogP contribution in [0.2, 0.25) is 0 Å². The molecule has 0 saturated heterocycles. The summed E-state index contributed by atoms with van der Waals surface area (Å²) in [6, 6.07) is 21.5. The molecule has 1 N–H and O–H groups in total. The molecule has 0 fully saturated rings.